The van der Waals surface area contributed by atoms with E-state index in [9.17, 15) is 5.11 Å². The number of hydrogen-bond donors (Lipinski definition) is 3. The summed E-state index contributed by atoms with van der Waals surface area (Å²) in [7, 11) is 0. The first-order valence-corrected chi connectivity index (χ1v) is 10.2. The Morgan fingerprint density at radius 2 is 2.04 bits per heavy atom. The second-order valence-corrected chi connectivity index (χ2v) is 7.15. The number of guanidine groups is 1. The van der Waals surface area contributed by atoms with Crippen LogP contribution in [-0.2, 0) is 0 Å². The van der Waals surface area contributed by atoms with Crippen molar-refractivity contribution in [2.45, 2.75) is 52.0 Å². The van der Waals surface area contributed by atoms with Gasteiger partial charge in [-0.25, -0.2) is 0 Å². The van der Waals surface area contributed by atoms with Crippen LogP contribution in [0.1, 0.15) is 46.0 Å². The van der Waals surface area contributed by atoms with Crippen molar-refractivity contribution in [3.05, 3.63) is 30.3 Å². The number of para-hydroxylation sites is 1. The second kappa shape index (κ2) is 14.0. The minimum Gasteiger partial charge on any atom is -0.396 e. The third-order valence-corrected chi connectivity index (χ3v) is 4.97. The molecule has 1 aromatic carbocycles. The molecule has 0 aliphatic carbocycles. The highest BCUT2D eigenvalue weighted by Crippen LogP contribution is 2.19. The smallest absolute Gasteiger partial charge is 0.191 e. The van der Waals surface area contributed by atoms with Crippen LogP contribution in [0.4, 0.5) is 5.69 Å². The van der Waals surface area contributed by atoms with E-state index < -0.39 is 0 Å². The monoisotopic (exact) mass is 488 g/mol. The Kier molecular flexibility index (Phi) is 12.5. The van der Waals surface area contributed by atoms with E-state index in [-0.39, 0.29) is 30.6 Å². The fourth-order valence-electron chi connectivity index (χ4n) is 3.62. The van der Waals surface area contributed by atoms with Gasteiger partial charge in [0.25, 0.3) is 0 Å². The third kappa shape index (κ3) is 8.68. The number of hydrogen-bond acceptors (Lipinski definition) is 3. The largest absolute Gasteiger partial charge is 0.396 e. The molecule has 0 saturated carbocycles. The highest BCUT2D eigenvalue weighted by atomic mass is 127. The summed E-state index contributed by atoms with van der Waals surface area (Å²) in [5, 5.41) is 16.3. The van der Waals surface area contributed by atoms with E-state index in [2.05, 4.69) is 59.7 Å². The van der Waals surface area contributed by atoms with E-state index in [0.717, 1.165) is 51.4 Å². The summed E-state index contributed by atoms with van der Waals surface area (Å²) in [6.07, 6.45) is 5.45. The van der Waals surface area contributed by atoms with E-state index in [1.165, 1.54) is 18.5 Å². The van der Waals surface area contributed by atoms with E-state index in [1.807, 2.05) is 0 Å². The fourth-order valence-corrected chi connectivity index (χ4v) is 3.62. The Hall–Kier alpha value is -1.02. The molecule has 1 saturated heterocycles. The summed E-state index contributed by atoms with van der Waals surface area (Å²) in [4.78, 5) is 7.26. The number of anilines is 1. The molecular formula is C21H37IN4O. The maximum absolute atomic E-state index is 9.25. The molecule has 1 aliphatic rings. The van der Waals surface area contributed by atoms with Gasteiger partial charge in [-0.3, -0.25) is 4.99 Å². The number of nitrogens with one attached hydrogen (secondary N) is 2. The first-order chi connectivity index (χ1) is 12.8. The molecule has 154 valence electrons. The highest BCUT2D eigenvalue weighted by molar-refractivity contribution is 14.0. The van der Waals surface area contributed by atoms with Gasteiger partial charge < -0.3 is 20.6 Å². The lowest BCUT2D eigenvalue weighted by atomic mass is 10.0. The Balaban J connectivity index is 0.00000364. The number of halogens is 1. The summed E-state index contributed by atoms with van der Waals surface area (Å²) in [6.45, 7) is 8.30. The molecule has 6 heteroatoms. The van der Waals surface area contributed by atoms with Crippen LogP contribution >= 0.6 is 24.0 Å². The van der Waals surface area contributed by atoms with Gasteiger partial charge >= 0.3 is 0 Å². The molecule has 1 aromatic rings. The van der Waals surface area contributed by atoms with Crippen molar-refractivity contribution in [1.82, 2.24) is 10.6 Å². The van der Waals surface area contributed by atoms with Crippen LogP contribution in [0.2, 0.25) is 0 Å². The van der Waals surface area contributed by atoms with E-state index in [1.54, 1.807) is 0 Å². The first-order valence-electron chi connectivity index (χ1n) is 10.2. The van der Waals surface area contributed by atoms with Crippen molar-refractivity contribution in [2.24, 2.45) is 10.9 Å². The molecule has 1 fully saturated rings. The van der Waals surface area contributed by atoms with Gasteiger partial charge in [0.15, 0.2) is 5.96 Å². The number of rotatable bonds is 9. The molecule has 0 spiro atoms. The Bertz CT molecular complexity index is 520. The summed E-state index contributed by atoms with van der Waals surface area (Å²) >= 11 is 0. The van der Waals surface area contributed by atoms with Gasteiger partial charge in [-0.05, 0) is 50.7 Å². The minimum atomic E-state index is 0. The van der Waals surface area contributed by atoms with Crippen LogP contribution in [0.3, 0.4) is 0 Å². The molecule has 1 aliphatic heterocycles. The predicted octanol–water partition coefficient (Wildman–Crippen LogP) is 3.63. The standard InChI is InChI=1S/C21H36N4O.HI/c1-3-9-18(13-15-26)16-23-21(22-4-2)24-19-10-8-14-25(17-19)20-11-6-5-7-12-20;/h5-7,11-12,18-19,26H,3-4,8-10,13-17H2,1-2H3,(H2,22,23,24);1H. The molecule has 2 unspecified atom stereocenters. The molecule has 0 aromatic heterocycles. The Morgan fingerprint density at radius 1 is 1.26 bits per heavy atom. The van der Waals surface area contributed by atoms with Crippen LogP contribution in [0.15, 0.2) is 35.3 Å². The lowest BCUT2D eigenvalue weighted by Crippen LogP contribution is -2.51. The summed E-state index contributed by atoms with van der Waals surface area (Å²) < 4.78 is 0. The van der Waals surface area contributed by atoms with Crippen molar-refractivity contribution >= 4 is 35.6 Å². The normalized spacial score (nSPS) is 18.6. The van der Waals surface area contributed by atoms with Crippen molar-refractivity contribution in [1.29, 1.82) is 0 Å². The lowest BCUT2D eigenvalue weighted by Gasteiger charge is -2.35. The molecule has 2 rings (SSSR count). The van der Waals surface area contributed by atoms with Gasteiger partial charge in [0, 0.05) is 44.5 Å². The van der Waals surface area contributed by atoms with Crippen LogP contribution in [0.5, 0.6) is 0 Å². The quantitative estimate of drug-likeness (QED) is 0.282. The molecule has 0 radical (unpaired) electrons. The zero-order valence-corrected chi connectivity index (χ0v) is 19.2. The topological polar surface area (TPSA) is 59.9 Å². The molecule has 2 atom stereocenters. The van der Waals surface area contributed by atoms with Gasteiger partial charge in [0.05, 0.1) is 0 Å². The molecule has 0 amide bonds. The SMILES string of the molecule is CCCC(CCO)CN=C(NCC)NC1CCCN(c2ccccc2)C1.I. The third-order valence-electron chi connectivity index (χ3n) is 4.97. The first kappa shape index (κ1) is 24.0. The van der Waals surface area contributed by atoms with Crippen molar-refractivity contribution in [3.8, 4) is 0 Å². The number of aliphatic hydroxyl groups excluding tert-OH is 1. The number of nitrogens with zero attached hydrogens (tertiary/aromatic N) is 2. The van der Waals surface area contributed by atoms with Crippen LogP contribution < -0.4 is 15.5 Å². The molecule has 3 N–H and O–H groups in total. The maximum Gasteiger partial charge on any atom is 0.191 e. The van der Waals surface area contributed by atoms with Crippen LogP contribution in [0.25, 0.3) is 0 Å². The zero-order valence-electron chi connectivity index (χ0n) is 16.9. The van der Waals surface area contributed by atoms with E-state index >= 15 is 0 Å². The average Bonchev–Trinajstić information content (AvgIpc) is 2.67. The van der Waals surface area contributed by atoms with Gasteiger partial charge in [0.2, 0.25) is 0 Å². The Morgan fingerprint density at radius 3 is 2.70 bits per heavy atom. The van der Waals surface area contributed by atoms with E-state index in [4.69, 9.17) is 4.99 Å². The zero-order chi connectivity index (χ0) is 18.6. The summed E-state index contributed by atoms with van der Waals surface area (Å²) in [5.41, 5.74) is 1.30. The minimum absolute atomic E-state index is 0. The van der Waals surface area contributed by atoms with Crippen molar-refractivity contribution in [2.75, 3.05) is 37.7 Å². The summed E-state index contributed by atoms with van der Waals surface area (Å²) in [6, 6.07) is 11.1. The number of aliphatic hydroxyl groups is 1. The number of aliphatic imine (C=N–C) groups is 1. The van der Waals surface area contributed by atoms with E-state index in [0.29, 0.717) is 12.0 Å². The maximum atomic E-state index is 9.25. The number of benzene rings is 1. The van der Waals surface area contributed by atoms with Crippen molar-refractivity contribution in [3.63, 3.8) is 0 Å². The Labute approximate surface area is 182 Å². The van der Waals surface area contributed by atoms with Crippen molar-refractivity contribution < 1.29 is 5.11 Å². The van der Waals surface area contributed by atoms with Crippen LogP contribution in [0, 0.1) is 5.92 Å². The van der Waals surface area contributed by atoms with Gasteiger partial charge in [-0.2, -0.15) is 0 Å². The number of piperidine rings is 1. The fraction of sp³-hybridized carbons (Fsp3) is 0.667. The van der Waals surface area contributed by atoms with Gasteiger partial charge in [0.1, 0.15) is 0 Å². The molecule has 5 nitrogen and oxygen atoms in total. The van der Waals surface area contributed by atoms with Gasteiger partial charge in [-0.15, -0.1) is 24.0 Å². The van der Waals surface area contributed by atoms with Gasteiger partial charge in [-0.1, -0.05) is 31.5 Å². The molecule has 27 heavy (non-hydrogen) atoms. The lowest BCUT2D eigenvalue weighted by molar-refractivity contribution is 0.253. The predicted molar refractivity (Wildman–Crippen MR) is 126 cm³/mol. The second-order valence-electron chi connectivity index (χ2n) is 7.15. The average molecular weight is 488 g/mol. The molecule has 1 heterocycles. The summed E-state index contributed by atoms with van der Waals surface area (Å²) in [5.74, 6) is 1.37. The molecule has 0 bridgehead atoms. The molecular weight excluding hydrogens is 451 g/mol. The highest BCUT2D eigenvalue weighted by Gasteiger charge is 2.21. The van der Waals surface area contributed by atoms with Crippen LogP contribution in [-0.4, -0.2) is 49.9 Å².